The number of methoxy groups -OCH3 is 1. The van der Waals surface area contributed by atoms with Crippen molar-refractivity contribution in [2.45, 2.75) is 6.23 Å². The first-order valence-corrected chi connectivity index (χ1v) is 8.28. The molecule has 1 atom stereocenters. The molecule has 0 N–H and O–H groups in total. The van der Waals surface area contributed by atoms with E-state index in [-0.39, 0.29) is 18.7 Å². The number of hydrogen-bond donors (Lipinski definition) is 0. The summed E-state index contributed by atoms with van der Waals surface area (Å²) in [5, 5.41) is 0. The number of ether oxygens (including phenoxy) is 3. The van der Waals surface area contributed by atoms with Gasteiger partial charge in [-0.25, -0.2) is 0 Å². The maximum atomic E-state index is 12.0. The Kier molecular flexibility index (Phi) is 14.7. The minimum absolute atomic E-state index is 0.0117. The zero-order valence-electron chi connectivity index (χ0n) is 15.4. The lowest BCUT2D eigenvalue weighted by atomic mass is 10.4. The SMILES string of the molecule is C=CCN(CC=C)C(=O)COCCOCC(OC)N(CC=C)CC=C. The Morgan fingerprint density at radius 1 is 0.920 bits per heavy atom. The Morgan fingerprint density at radius 2 is 1.44 bits per heavy atom. The molecule has 0 aliphatic heterocycles. The van der Waals surface area contributed by atoms with E-state index in [1.807, 2.05) is 17.1 Å². The van der Waals surface area contributed by atoms with Gasteiger partial charge in [0, 0.05) is 33.3 Å². The summed E-state index contributed by atoms with van der Waals surface area (Å²) in [4.78, 5) is 15.6. The normalized spacial score (nSPS) is 11.8. The van der Waals surface area contributed by atoms with Crippen LogP contribution in [0.2, 0.25) is 0 Å². The summed E-state index contributed by atoms with van der Waals surface area (Å²) in [5.41, 5.74) is 0. The molecule has 1 amide bonds. The first-order chi connectivity index (χ1) is 12.1. The topological polar surface area (TPSA) is 51.2 Å². The third-order valence-corrected chi connectivity index (χ3v) is 3.32. The predicted octanol–water partition coefficient (Wildman–Crippen LogP) is 1.87. The molecule has 0 saturated heterocycles. The number of rotatable bonds is 17. The highest BCUT2D eigenvalue weighted by molar-refractivity contribution is 5.77. The fourth-order valence-corrected chi connectivity index (χ4v) is 2.11. The van der Waals surface area contributed by atoms with E-state index >= 15 is 0 Å². The molecule has 6 nitrogen and oxygen atoms in total. The number of carbonyl (C=O) groups excluding carboxylic acids is 1. The molecule has 0 bridgehead atoms. The Labute approximate surface area is 152 Å². The van der Waals surface area contributed by atoms with Crippen LogP contribution in [0.15, 0.2) is 50.6 Å². The summed E-state index contributed by atoms with van der Waals surface area (Å²) in [6, 6.07) is 0. The molecular formula is C19H32N2O4. The lowest BCUT2D eigenvalue weighted by Gasteiger charge is -2.28. The molecule has 0 heterocycles. The van der Waals surface area contributed by atoms with E-state index in [2.05, 4.69) is 26.3 Å². The molecule has 25 heavy (non-hydrogen) atoms. The van der Waals surface area contributed by atoms with Gasteiger partial charge in [-0.05, 0) is 0 Å². The Morgan fingerprint density at radius 3 is 1.92 bits per heavy atom. The lowest BCUT2D eigenvalue weighted by molar-refractivity contribution is -0.136. The van der Waals surface area contributed by atoms with Gasteiger partial charge in [-0.1, -0.05) is 24.3 Å². The third-order valence-electron chi connectivity index (χ3n) is 3.32. The quantitative estimate of drug-likeness (QED) is 0.227. The molecule has 0 saturated carbocycles. The van der Waals surface area contributed by atoms with Crippen molar-refractivity contribution in [2.24, 2.45) is 0 Å². The van der Waals surface area contributed by atoms with Gasteiger partial charge in [0.05, 0.1) is 19.8 Å². The zero-order chi connectivity index (χ0) is 18.9. The fourth-order valence-electron chi connectivity index (χ4n) is 2.11. The third kappa shape index (κ3) is 10.7. The van der Waals surface area contributed by atoms with Gasteiger partial charge in [-0.15, -0.1) is 26.3 Å². The van der Waals surface area contributed by atoms with E-state index in [1.165, 1.54) is 0 Å². The highest BCUT2D eigenvalue weighted by atomic mass is 16.6. The molecule has 0 fully saturated rings. The summed E-state index contributed by atoms with van der Waals surface area (Å²) < 4.78 is 16.4. The van der Waals surface area contributed by atoms with E-state index in [0.717, 1.165) is 0 Å². The van der Waals surface area contributed by atoms with E-state index in [1.54, 1.807) is 24.2 Å². The lowest BCUT2D eigenvalue weighted by Crippen LogP contribution is -2.40. The van der Waals surface area contributed by atoms with Gasteiger partial charge < -0.3 is 19.1 Å². The van der Waals surface area contributed by atoms with Gasteiger partial charge in [0.15, 0.2) is 0 Å². The number of carbonyl (C=O) groups is 1. The minimum atomic E-state index is -0.187. The summed E-state index contributed by atoms with van der Waals surface area (Å²) in [6.07, 6.45) is 6.78. The van der Waals surface area contributed by atoms with E-state index in [0.29, 0.717) is 46.0 Å². The molecule has 0 radical (unpaired) electrons. The van der Waals surface area contributed by atoms with E-state index in [4.69, 9.17) is 14.2 Å². The molecule has 0 aliphatic rings. The van der Waals surface area contributed by atoms with Crippen LogP contribution in [0.5, 0.6) is 0 Å². The van der Waals surface area contributed by atoms with Gasteiger partial charge >= 0.3 is 0 Å². The monoisotopic (exact) mass is 352 g/mol. The summed E-state index contributed by atoms with van der Waals surface area (Å²) in [6.45, 7) is 18.2. The van der Waals surface area contributed by atoms with Gasteiger partial charge in [0.25, 0.3) is 0 Å². The maximum Gasteiger partial charge on any atom is 0.249 e. The minimum Gasteiger partial charge on any atom is -0.375 e. The maximum absolute atomic E-state index is 12.0. The summed E-state index contributed by atoms with van der Waals surface area (Å²) in [7, 11) is 1.64. The second-order valence-corrected chi connectivity index (χ2v) is 5.23. The van der Waals surface area contributed by atoms with Crippen LogP contribution in [-0.4, -0.2) is 81.7 Å². The van der Waals surface area contributed by atoms with Crippen molar-refractivity contribution in [3.05, 3.63) is 50.6 Å². The van der Waals surface area contributed by atoms with Crippen molar-refractivity contribution < 1.29 is 19.0 Å². The van der Waals surface area contributed by atoms with Crippen LogP contribution in [0.1, 0.15) is 0 Å². The van der Waals surface area contributed by atoms with Gasteiger partial charge in [0.2, 0.25) is 5.91 Å². The fraction of sp³-hybridized carbons (Fsp3) is 0.526. The number of hydrogen-bond acceptors (Lipinski definition) is 5. The van der Waals surface area contributed by atoms with Crippen molar-refractivity contribution in [1.29, 1.82) is 0 Å². The van der Waals surface area contributed by atoms with Crippen molar-refractivity contribution in [2.75, 3.05) is 59.7 Å². The first kappa shape index (κ1) is 23.3. The Balaban J connectivity index is 4.04. The Bertz CT molecular complexity index is 392. The van der Waals surface area contributed by atoms with E-state index in [9.17, 15) is 4.79 Å². The second kappa shape index (κ2) is 15.8. The molecule has 0 aromatic heterocycles. The molecule has 0 spiro atoms. The average molecular weight is 352 g/mol. The van der Waals surface area contributed by atoms with Crippen LogP contribution in [0, 0.1) is 0 Å². The number of nitrogens with zero attached hydrogens (tertiary/aromatic N) is 2. The zero-order valence-corrected chi connectivity index (χ0v) is 15.4. The second-order valence-electron chi connectivity index (χ2n) is 5.23. The Hall–Kier alpha value is -1.73. The highest BCUT2D eigenvalue weighted by Gasteiger charge is 2.15. The highest BCUT2D eigenvalue weighted by Crippen LogP contribution is 2.02. The standard InChI is InChI=1S/C19H32N2O4/c1-6-10-20(11-7-2)18(22)16-24-14-15-25-17-19(23-5)21(12-8-3)13-9-4/h6-9,19H,1-4,10-17H2,5H3. The van der Waals surface area contributed by atoms with Crippen molar-refractivity contribution in [3.63, 3.8) is 0 Å². The molecule has 0 aromatic rings. The molecule has 6 heteroatoms. The van der Waals surface area contributed by atoms with Gasteiger partial charge in [0.1, 0.15) is 12.8 Å². The average Bonchev–Trinajstić information content (AvgIpc) is 2.60. The van der Waals surface area contributed by atoms with Crippen molar-refractivity contribution >= 4 is 5.91 Å². The summed E-state index contributed by atoms with van der Waals surface area (Å²) >= 11 is 0. The van der Waals surface area contributed by atoms with Gasteiger partial charge in [-0.3, -0.25) is 9.69 Å². The van der Waals surface area contributed by atoms with Gasteiger partial charge in [-0.2, -0.15) is 0 Å². The summed E-state index contributed by atoms with van der Waals surface area (Å²) in [5.74, 6) is -0.0993. The predicted molar refractivity (Wildman–Crippen MR) is 101 cm³/mol. The number of amides is 1. The van der Waals surface area contributed by atoms with Crippen LogP contribution in [-0.2, 0) is 19.0 Å². The molecular weight excluding hydrogens is 320 g/mol. The smallest absolute Gasteiger partial charge is 0.249 e. The van der Waals surface area contributed by atoms with Crippen LogP contribution >= 0.6 is 0 Å². The molecule has 0 aliphatic carbocycles. The molecule has 1 unspecified atom stereocenters. The molecule has 0 aromatic carbocycles. The molecule has 142 valence electrons. The van der Waals surface area contributed by atoms with E-state index < -0.39 is 0 Å². The largest absolute Gasteiger partial charge is 0.375 e. The first-order valence-electron chi connectivity index (χ1n) is 8.28. The van der Waals surface area contributed by atoms with Crippen LogP contribution in [0.3, 0.4) is 0 Å². The molecule has 0 rings (SSSR count). The van der Waals surface area contributed by atoms with Crippen molar-refractivity contribution in [3.8, 4) is 0 Å². The van der Waals surface area contributed by atoms with Crippen LogP contribution in [0.25, 0.3) is 0 Å². The van der Waals surface area contributed by atoms with Crippen LogP contribution < -0.4 is 0 Å². The van der Waals surface area contributed by atoms with Crippen molar-refractivity contribution in [1.82, 2.24) is 9.80 Å². The van der Waals surface area contributed by atoms with Crippen LogP contribution in [0.4, 0.5) is 0 Å².